The zero-order chi connectivity index (χ0) is 18.2. The maximum atomic E-state index is 12.2. The molecule has 1 aromatic carbocycles. The van der Waals surface area contributed by atoms with Crippen LogP contribution >= 0.6 is 0 Å². The number of piperidine rings is 1. The van der Waals surface area contributed by atoms with Gasteiger partial charge in [0.1, 0.15) is 0 Å². The Bertz CT molecular complexity index is 585. The van der Waals surface area contributed by atoms with Crippen LogP contribution in [0, 0.1) is 5.92 Å². The number of methoxy groups -OCH3 is 1. The van der Waals surface area contributed by atoms with E-state index in [1.54, 1.807) is 19.1 Å². The van der Waals surface area contributed by atoms with Crippen LogP contribution in [0.25, 0.3) is 0 Å². The normalized spacial score (nSPS) is 15.0. The fraction of sp³-hybridized carbons (Fsp3) is 0.556. The molecule has 1 saturated heterocycles. The second kappa shape index (κ2) is 9.27. The van der Waals surface area contributed by atoms with Crippen molar-refractivity contribution in [2.24, 2.45) is 11.7 Å². The van der Waals surface area contributed by atoms with Crippen LogP contribution in [-0.4, -0.2) is 57.2 Å². The Hall–Kier alpha value is -2.28. The molecular formula is C18H28N4O3. The molecule has 1 fully saturated rings. The number of ether oxygens (including phenoxy) is 1. The molecule has 25 heavy (non-hydrogen) atoms. The van der Waals surface area contributed by atoms with Gasteiger partial charge in [0, 0.05) is 57.7 Å². The number of hydrogen-bond donors (Lipinski definition) is 2. The lowest BCUT2D eigenvalue weighted by Gasteiger charge is -2.32. The summed E-state index contributed by atoms with van der Waals surface area (Å²) in [6, 6.07) is 7.64. The van der Waals surface area contributed by atoms with Gasteiger partial charge < -0.3 is 25.6 Å². The number of hydrogen-bond acceptors (Lipinski definition) is 4. The smallest absolute Gasteiger partial charge is 0.321 e. The molecule has 0 atom stereocenters. The minimum atomic E-state index is -0.211. The van der Waals surface area contributed by atoms with E-state index in [4.69, 9.17) is 10.5 Å². The molecule has 1 aliphatic heterocycles. The van der Waals surface area contributed by atoms with Gasteiger partial charge in [0.15, 0.2) is 0 Å². The van der Waals surface area contributed by atoms with Crippen molar-refractivity contribution in [2.75, 3.05) is 50.6 Å². The zero-order valence-corrected chi connectivity index (χ0v) is 15.0. The van der Waals surface area contributed by atoms with E-state index in [0.29, 0.717) is 13.2 Å². The predicted molar refractivity (Wildman–Crippen MR) is 98.7 cm³/mol. The van der Waals surface area contributed by atoms with Gasteiger partial charge in [0.05, 0.1) is 0 Å². The van der Waals surface area contributed by atoms with Crippen LogP contribution in [0.15, 0.2) is 24.3 Å². The number of primary amides is 1. The van der Waals surface area contributed by atoms with Crippen LogP contribution in [-0.2, 0) is 9.53 Å². The summed E-state index contributed by atoms with van der Waals surface area (Å²) in [4.78, 5) is 27.4. The third kappa shape index (κ3) is 5.63. The molecule has 0 radical (unpaired) electrons. The molecule has 0 spiro atoms. The fourth-order valence-corrected chi connectivity index (χ4v) is 2.97. The minimum Gasteiger partial charge on any atom is -0.385 e. The standard InChI is InChI=1S/C18H28N4O3/c1-21(9-4-12-25-2)18(24)20-15-5-3-6-16(13-15)22-10-7-14(8-11-22)17(19)23/h3,5-6,13-14H,4,7-12H2,1-2H3,(H2,19,23)(H,20,24). The molecule has 1 heterocycles. The zero-order valence-electron chi connectivity index (χ0n) is 15.0. The summed E-state index contributed by atoms with van der Waals surface area (Å²) in [5.41, 5.74) is 7.19. The molecule has 2 rings (SSSR count). The number of nitrogens with two attached hydrogens (primary N) is 1. The third-order valence-corrected chi connectivity index (χ3v) is 4.55. The maximum Gasteiger partial charge on any atom is 0.321 e. The molecule has 7 heteroatoms. The Kier molecular flexibility index (Phi) is 7.06. The van der Waals surface area contributed by atoms with E-state index < -0.39 is 0 Å². The number of nitrogens with zero attached hydrogens (tertiary/aromatic N) is 2. The number of urea groups is 1. The quantitative estimate of drug-likeness (QED) is 0.737. The minimum absolute atomic E-state index is 0.0279. The van der Waals surface area contributed by atoms with Crippen LogP contribution in [0.1, 0.15) is 19.3 Å². The van der Waals surface area contributed by atoms with E-state index in [0.717, 1.165) is 43.7 Å². The van der Waals surface area contributed by atoms with Crippen molar-refractivity contribution in [2.45, 2.75) is 19.3 Å². The molecule has 3 amide bonds. The van der Waals surface area contributed by atoms with Crippen LogP contribution < -0.4 is 16.0 Å². The third-order valence-electron chi connectivity index (χ3n) is 4.55. The molecule has 3 N–H and O–H groups in total. The highest BCUT2D eigenvalue weighted by molar-refractivity contribution is 5.89. The molecule has 1 aromatic rings. The number of rotatable bonds is 7. The molecule has 0 aliphatic carbocycles. The first-order chi connectivity index (χ1) is 12.0. The summed E-state index contributed by atoms with van der Waals surface area (Å²) in [6.45, 7) is 2.86. The van der Waals surface area contributed by atoms with E-state index in [1.807, 2.05) is 24.3 Å². The number of carbonyl (C=O) groups excluding carboxylic acids is 2. The Morgan fingerprint density at radius 2 is 2.08 bits per heavy atom. The van der Waals surface area contributed by atoms with Gasteiger partial charge in [-0.3, -0.25) is 4.79 Å². The molecular weight excluding hydrogens is 320 g/mol. The molecule has 138 valence electrons. The Labute approximate surface area is 149 Å². The number of benzene rings is 1. The molecule has 7 nitrogen and oxygen atoms in total. The van der Waals surface area contributed by atoms with Crippen molar-refractivity contribution in [3.05, 3.63) is 24.3 Å². The topological polar surface area (TPSA) is 87.9 Å². The summed E-state index contributed by atoms with van der Waals surface area (Å²) in [6.07, 6.45) is 2.34. The highest BCUT2D eigenvalue weighted by Gasteiger charge is 2.23. The largest absolute Gasteiger partial charge is 0.385 e. The summed E-state index contributed by atoms with van der Waals surface area (Å²) in [5.74, 6) is -0.239. The molecule has 1 aliphatic rings. The van der Waals surface area contributed by atoms with E-state index in [2.05, 4.69) is 10.2 Å². The van der Waals surface area contributed by atoms with E-state index >= 15 is 0 Å². The number of carbonyl (C=O) groups is 2. The molecule has 0 bridgehead atoms. The summed E-state index contributed by atoms with van der Waals surface area (Å²) in [5, 5.41) is 2.92. The second-order valence-corrected chi connectivity index (χ2v) is 6.41. The predicted octanol–water partition coefficient (Wildman–Crippen LogP) is 1.89. The Morgan fingerprint density at radius 3 is 2.72 bits per heavy atom. The number of amides is 3. The van der Waals surface area contributed by atoms with Crippen molar-refractivity contribution in [1.82, 2.24) is 4.90 Å². The van der Waals surface area contributed by atoms with Gasteiger partial charge in [-0.05, 0) is 37.5 Å². The highest BCUT2D eigenvalue weighted by Crippen LogP contribution is 2.25. The van der Waals surface area contributed by atoms with Gasteiger partial charge >= 0.3 is 6.03 Å². The lowest BCUT2D eigenvalue weighted by atomic mass is 9.96. The van der Waals surface area contributed by atoms with Crippen LogP contribution in [0.5, 0.6) is 0 Å². The Balaban J connectivity index is 1.90. The van der Waals surface area contributed by atoms with Crippen molar-refractivity contribution < 1.29 is 14.3 Å². The van der Waals surface area contributed by atoms with Crippen molar-refractivity contribution >= 4 is 23.3 Å². The van der Waals surface area contributed by atoms with Crippen LogP contribution in [0.3, 0.4) is 0 Å². The van der Waals surface area contributed by atoms with Crippen molar-refractivity contribution in [3.8, 4) is 0 Å². The van der Waals surface area contributed by atoms with Gasteiger partial charge in [-0.2, -0.15) is 0 Å². The first-order valence-electron chi connectivity index (χ1n) is 8.66. The number of nitrogens with one attached hydrogen (secondary N) is 1. The van der Waals surface area contributed by atoms with Crippen LogP contribution in [0.4, 0.5) is 16.2 Å². The summed E-state index contributed by atoms with van der Waals surface area (Å²) < 4.78 is 5.00. The second-order valence-electron chi connectivity index (χ2n) is 6.41. The lowest BCUT2D eigenvalue weighted by Crippen LogP contribution is -2.38. The van der Waals surface area contributed by atoms with E-state index in [1.165, 1.54) is 0 Å². The highest BCUT2D eigenvalue weighted by atomic mass is 16.5. The van der Waals surface area contributed by atoms with Crippen molar-refractivity contribution in [1.29, 1.82) is 0 Å². The SMILES string of the molecule is COCCCN(C)C(=O)Nc1cccc(N2CCC(C(N)=O)CC2)c1. The summed E-state index contributed by atoms with van der Waals surface area (Å²) >= 11 is 0. The van der Waals surface area contributed by atoms with Gasteiger partial charge in [-0.25, -0.2) is 4.79 Å². The maximum absolute atomic E-state index is 12.2. The first-order valence-corrected chi connectivity index (χ1v) is 8.66. The van der Waals surface area contributed by atoms with E-state index in [9.17, 15) is 9.59 Å². The lowest BCUT2D eigenvalue weighted by molar-refractivity contribution is -0.122. The van der Waals surface area contributed by atoms with Gasteiger partial charge in [0.2, 0.25) is 5.91 Å². The van der Waals surface area contributed by atoms with Gasteiger partial charge in [-0.15, -0.1) is 0 Å². The van der Waals surface area contributed by atoms with Gasteiger partial charge in [-0.1, -0.05) is 6.07 Å². The van der Waals surface area contributed by atoms with Crippen LogP contribution in [0.2, 0.25) is 0 Å². The molecule has 0 aromatic heterocycles. The van der Waals surface area contributed by atoms with Crippen molar-refractivity contribution in [3.63, 3.8) is 0 Å². The van der Waals surface area contributed by atoms with E-state index in [-0.39, 0.29) is 17.9 Å². The summed E-state index contributed by atoms with van der Waals surface area (Å²) in [7, 11) is 3.42. The Morgan fingerprint density at radius 1 is 1.36 bits per heavy atom. The first kappa shape index (κ1) is 19.1. The average molecular weight is 348 g/mol. The molecule has 0 saturated carbocycles. The monoisotopic (exact) mass is 348 g/mol. The fourth-order valence-electron chi connectivity index (χ4n) is 2.97. The average Bonchev–Trinajstić information content (AvgIpc) is 2.62. The number of anilines is 2. The molecule has 0 unspecified atom stereocenters. The van der Waals surface area contributed by atoms with Gasteiger partial charge in [0.25, 0.3) is 0 Å².